The lowest BCUT2D eigenvalue weighted by Gasteiger charge is -2.15. The lowest BCUT2D eigenvalue weighted by Crippen LogP contribution is -2.23. The molecule has 4 rings (SSSR count). The van der Waals surface area contributed by atoms with E-state index in [9.17, 15) is 4.79 Å². The monoisotopic (exact) mass is 372 g/mol. The molecule has 1 aliphatic rings. The molecule has 0 N–H and O–H groups in total. The maximum absolute atomic E-state index is 12.5. The van der Waals surface area contributed by atoms with Crippen molar-refractivity contribution in [2.45, 2.75) is 32.4 Å². The van der Waals surface area contributed by atoms with Gasteiger partial charge in [-0.25, -0.2) is 9.97 Å². The number of pyridine rings is 2. The van der Waals surface area contributed by atoms with Crippen molar-refractivity contribution in [2.24, 2.45) is 5.92 Å². The molecule has 0 aliphatic heterocycles. The van der Waals surface area contributed by atoms with Crippen molar-refractivity contribution in [1.82, 2.24) is 19.5 Å². The molecule has 6 nitrogen and oxygen atoms in total. The third-order valence-electron chi connectivity index (χ3n) is 4.54. The molecule has 3 heterocycles. The second kappa shape index (κ2) is 8.05. The number of rotatable bonds is 5. The summed E-state index contributed by atoms with van der Waals surface area (Å²) in [6.07, 6.45) is 9.20. The lowest BCUT2D eigenvalue weighted by molar-refractivity contribution is 0.294. The summed E-state index contributed by atoms with van der Waals surface area (Å²) < 4.78 is 7.24. The summed E-state index contributed by atoms with van der Waals surface area (Å²) in [6, 6.07) is 8.66. The van der Waals surface area contributed by atoms with Crippen molar-refractivity contribution < 1.29 is 4.74 Å². The summed E-state index contributed by atoms with van der Waals surface area (Å²) in [4.78, 5) is 25.2. The van der Waals surface area contributed by atoms with E-state index in [1.165, 1.54) is 18.9 Å². The molecule has 0 spiro atoms. The summed E-state index contributed by atoms with van der Waals surface area (Å²) in [7, 11) is 0. The van der Waals surface area contributed by atoms with Crippen LogP contribution in [-0.4, -0.2) is 19.5 Å². The summed E-state index contributed by atoms with van der Waals surface area (Å²) in [5, 5.41) is 0. The first kappa shape index (κ1) is 17.9. The normalized spacial score (nSPS) is 14.0. The molecule has 28 heavy (non-hydrogen) atoms. The predicted molar refractivity (Wildman–Crippen MR) is 105 cm³/mol. The van der Waals surface area contributed by atoms with Crippen molar-refractivity contribution in [3.05, 3.63) is 82.6 Å². The number of hydrogen-bond acceptors (Lipinski definition) is 5. The van der Waals surface area contributed by atoms with Gasteiger partial charge in [0.15, 0.2) is 5.82 Å². The second-order valence-corrected chi connectivity index (χ2v) is 6.75. The smallest absolute Gasteiger partial charge is 0.254 e. The number of aromatic nitrogens is 4. The highest BCUT2D eigenvalue weighted by molar-refractivity contribution is 5.34. The molecular formula is C22H20N4O2. The van der Waals surface area contributed by atoms with Gasteiger partial charge in [0, 0.05) is 42.3 Å². The molecule has 1 aliphatic carbocycles. The van der Waals surface area contributed by atoms with Gasteiger partial charge in [-0.05, 0) is 44.0 Å². The van der Waals surface area contributed by atoms with E-state index in [-0.39, 0.29) is 18.2 Å². The average Bonchev–Trinajstić information content (AvgIpc) is 3.56. The van der Waals surface area contributed by atoms with Crippen LogP contribution in [0.3, 0.4) is 0 Å². The van der Waals surface area contributed by atoms with Crippen LogP contribution in [0.1, 0.15) is 42.9 Å². The fraction of sp³-hybridized carbons (Fsp3) is 0.273. The first-order chi connectivity index (χ1) is 13.7. The van der Waals surface area contributed by atoms with Crippen molar-refractivity contribution >= 4 is 0 Å². The predicted octanol–water partition coefficient (Wildman–Crippen LogP) is 2.98. The maximum Gasteiger partial charge on any atom is 0.254 e. The Hall–Kier alpha value is -3.46. The Morgan fingerprint density at radius 2 is 2.04 bits per heavy atom. The zero-order chi connectivity index (χ0) is 19.3. The van der Waals surface area contributed by atoms with Gasteiger partial charge in [-0.15, -0.1) is 0 Å². The molecule has 3 aromatic rings. The van der Waals surface area contributed by atoms with Crippen LogP contribution in [0.15, 0.2) is 59.9 Å². The van der Waals surface area contributed by atoms with Crippen molar-refractivity contribution in [3.63, 3.8) is 0 Å². The van der Waals surface area contributed by atoms with Gasteiger partial charge in [0.05, 0.1) is 11.7 Å². The van der Waals surface area contributed by atoms with Gasteiger partial charge in [0.1, 0.15) is 12.4 Å². The summed E-state index contributed by atoms with van der Waals surface area (Å²) in [6.45, 7) is 2.16. The molecular weight excluding hydrogens is 352 g/mol. The van der Waals surface area contributed by atoms with Crippen LogP contribution in [0.2, 0.25) is 0 Å². The highest BCUT2D eigenvalue weighted by atomic mass is 16.5. The summed E-state index contributed by atoms with van der Waals surface area (Å²) in [5.74, 6) is 7.99. The van der Waals surface area contributed by atoms with Gasteiger partial charge >= 0.3 is 0 Å². The Bertz CT molecular complexity index is 1060. The fourth-order valence-electron chi connectivity index (χ4n) is 2.72. The molecule has 0 amide bonds. The lowest BCUT2D eigenvalue weighted by atomic mass is 10.1. The third kappa shape index (κ3) is 4.44. The van der Waals surface area contributed by atoms with Crippen LogP contribution in [0.5, 0.6) is 5.75 Å². The minimum atomic E-state index is -0.190. The molecule has 140 valence electrons. The Balaban J connectivity index is 1.44. The summed E-state index contributed by atoms with van der Waals surface area (Å²) in [5.41, 5.74) is 1.56. The third-order valence-corrected chi connectivity index (χ3v) is 4.54. The first-order valence-corrected chi connectivity index (χ1v) is 9.27. The van der Waals surface area contributed by atoms with Crippen LogP contribution < -0.4 is 10.3 Å². The molecule has 1 atom stereocenters. The fourth-order valence-corrected chi connectivity index (χ4v) is 2.72. The number of hydrogen-bond donors (Lipinski definition) is 0. The van der Waals surface area contributed by atoms with E-state index in [1.807, 2.05) is 19.1 Å². The second-order valence-electron chi connectivity index (χ2n) is 6.75. The molecule has 0 aromatic carbocycles. The molecule has 6 heteroatoms. The Labute approximate surface area is 163 Å². The average molecular weight is 372 g/mol. The van der Waals surface area contributed by atoms with E-state index in [4.69, 9.17) is 4.74 Å². The standard InChI is InChI=1S/C22H20N4O2/c1-16(20-8-7-18(14-25-20)6-5-17-3-4-17)26-12-9-19(13-22(26)27)28-15-21-23-10-2-11-24-21/h2,7-14,16-17H,3-4,15H2,1H3. The molecule has 1 fully saturated rings. The SMILES string of the molecule is CC(c1ccc(C#CC2CC2)cn1)n1ccc(OCc2ncccn2)cc1=O. The van der Waals surface area contributed by atoms with E-state index < -0.39 is 0 Å². The van der Waals surface area contributed by atoms with E-state index in [1.54, 1.807) is 41.5 Å². The largest absolute Gasteiger partial charge is 0.485 e. The number of nitrogens with zero attached hydrogens (tertiary/aromatic N) is 4. The van der Waals surface area contributed by atoms with Crippen molar-refractivity contribution in [3.8, 4) is 17.6 Å². The zero-order valence-electron chi connectivity index (χ0n) is 15.6. The van der Waals surface area contributed by atoms with Crippen LogP contribution >= 0.6 is 0 Å². The van der Waals surface area contributed by atoms with Crippen LogP contribution in [0.4, 0.5) is 0 Å². The van der Waals surface area contributed by atoms with Gasteiger partial charge in [-0.2, -0.15) is 0 Å². The van der Waals surface area contributed by atoms with E-state index >= 15 is 0 Å². The minimum Gasteiger partial charge on any atom is -0.485 e. The molecule has 1 saturated carbocycles. The van der Waals surface area contributed by atoms with Gasteiger partial charge < -0.3 is 9.30 Å². The van der Waals surface area contributed by atoms with Crippen LogP contribution in [-0.2, 0) is 6.61 Å². The Morgan fingerprint density at radius 3 is 2.71 bits per heavy atom. The zero-order valence-corrected chi connectivity index (χ0v) is 15.6. The van der Waals surface area contributed by atoms with Crippen LogP contribution in [0.25, 0.3) is 0 Å². The van der Waals surface area contributed by atoms with Gasteiger partial charge in [0.2, 0.25) is 0 Å². The highest BCUT2D eigenvalue weighted by Gasteiger charge is 2.17. The van der Waals surface area contributed by atoms with Crippen molar-refractivity contribution in [1.29, 1.82) is 0 Å². The Kier molecular flexibility index (Phi) is 5.16. The Morgan fingerprint density at radius 1 is 1.21 bits per heavy atom. The quantitative estimate of drug-likeness (QED) is 0.644. The van der Waals surface area contributed by atoms with E-state index in [0.29, 0.717) is 17.5 Å². The van der Waals surface area contributed by atoms with E-state index in [0.717, 1.165) is 11.3 Å². The van der Waals surface area contributed by atoms with E-state index in [2.05, 4.69) is 26.8 Å². The maximum atomic E-state index is 12.5. The molecule has 3 aromatic heterocycles. The molecule has 0 bridgehead atoms. The molecule has 1 unspecified atom stereocenters. The van der Waals surface area contributed by atoms with Gasteiger partial charge in [-0.1, -0.05) is 11.8 Å². The molecule has 0 saturated heterocycles. The first-order valence-electron chi connectivity index (χ1n) is 9.27. The van der Waals surface area contributed by atoms with Gasteiger partial charge in [0.25, 0.3) is 5.56 Å². The van der Waals surface area contributed by atoms with Crippen molar-refractivity contribution in [2.75, 3.05) is 0 Å². The highest BCUT2D eigenvalue weighted by Crippen LogP contribution is 2.27. The summed E-state index contributed by atoms with van der Waals surface area (Å²) >= 11 is 0. The van der Waals surface area contributed by atoms with Crippen LogP contribution in [0, 0.1) is 17.8 Å². The van der Waals surface area contributed by atoms with Gasteiger partial charge in [-0.3, -0.25) is 9.78 Å². The minimum absolute atomic E-state index is 0.154. The molecule has 0 radical (unpaired) electrons. The topological polar surface area (TPSA) is 69.9 Å². The number of ether oxygens (including phenoxy) is 1.